The van der Waals surface area contributed by atoms with Crippen molar-refractivity contribution in [2.24, 2.45) is 0 Å². The summed E-state index contributed by atoms with van der Waals surface area (Å²) in [7, 11) is 0. The highest BCUT2D eigenvalue weighted by atomic mass is 19.1. The quantitative estimate of drug-likeness (QED) is 0.180. The molecule has 3 aromatic heterocycles. The predicted molar refractivity (Wildman–Crippen MR) is 187 cm³/mol. The van der Waals surface area contributed by atoms with Gasteiger partial charge in [0.25, 0.3) is 0 Å². The van der Waals surface area contributed by atoms with Gasteiger partial charge in [0.1, 0.15) is 41.5 Å². The Morgan fingerprint density at radius 1 is 1.02 bits per heavy atom. The van der Waals surface area contributed by atoms with Crippen LogP contribution in [0.15, 0.2) is 54.7 Å². The van der Waals surface area contributed by atoms with Crippen molar-refractivity contribution in [1.82, 2.24) is 25.3 Å². The summed E-state index contributed by atoms with van der Waals surface area (Å²) in [5, 5.41) is 6.35. The van der Waals surface area contributed by atoms with Crippen molar-refractivity contribution in [3.8, 4) is 0 Å². The third-order valence-corrected chi connectivity index (χ3v) is 8.13. The number of piperidine rings is 1. The number of nitrogens with one attached hydrogen (secondary N) is 2. The van der Waals surface area contributed by atoms with E-state index in [2.05, 4.69) is 20.5 Å². The van der Waals surface area contributed by atoms with Gasteiger partial charge in [0.2, 0.25) is 0 Å². The van der Waals surface area contributed by atoms with Crippen LogP contribution in [0.5, 0.6) is 0 Å². The van der Waals surface area contributed by atoms with Gasteiger partial charge in [0, 0.05) is 30.3 Å². The van der Waals surface area contributed by atoms with Crippen LogP contribution in [0, 0.1) is 12.7 Å². The lowest BCUT2D eigenvalue weighted by Gasteiger charge is -2.38. The molecule has 0 aliphatic carbocycles. The van der Waals surface area contributed by atoms with E-state index in [4.69, 9.17) is 24.4 Å². The number of ether oxygens (including phenoxy) is 2. The Morgan fingerprint density at radius 2 is 1.78 bits per heavy atom. The molecule has 4 aromatic rings. The number of aromatic nitrogens is 4. The topological polar surface area (TPSA) is 131 Å². The fourth-order valence-electron chi connectivity index (χ4n) is 5.66. The van der Waals surface area contributed by atoms with Crippen molar-refractivity contribution < 1.29 is 23.5 Å². The second-order valence-corrected chi connectivity index (χ2v) is 14.4. The maximum atomic E-state index is 15.3. The van der Waals surface area contributed by atoms with Gasteiger partial charge in [-0.1, -0.05) is 51.1 Å². The highest BCUT2D eigenvalue weighted by molar-refractivity contribution is 5.82. The molecule has 1 fully saturated rings. The van der Waals surface area contributed by atoms with Crippen LogP contribution < -0.4 is 15.5 Å². The number of hydrogen-bond donors (Lipinski definition) is 2. The normalized spacial score (nSPS) is 15.8. The van der Waals surface area contributed by atoms with E-state index in [9.17, 15) is 9.59 Å². The van der Waals surface area contributed by atoms with Gasteiger partial charge in [0.05, 0.1) is 17.1 Å². The molecule has 49 heavy (non-hydrogen) atoms. The maximum absolute atomic E-state index is 15.3. The number of anilines is 2. The largest absolute Gasteiger partial charge is 0.458 e. The van der Waals surface area contributed by atoms with Crippen LogP contribution in [-0.2, 0) is 26.3 Å². The number of alkyl carbamates (subject to hydrolysis) is 1. The Hall–Kier alpha value is -4.87. The van der Waals surface area contributed by atoms with Crippen molar-refractivity contribution in [3.63, 3.8) is 0 Å². The molecule has 0 bridgehead atoms. The average molecular weight is 672 g/mol. The summed E-state index contributed by atoms with van der Waals surface area (Å²) in [5.41, 5.74) is 1.31. The smallest absolute Gasteiger partial charge is 0.408 e. The Kier molecular flexibility index (Phi) is 10.6. The molecule has 5 rings (SSSR count). The average Bonchev–Trinajstić information content (AvgIpc) is 3.05. The first-order valence-corrected chi connectivity index (χ1v) is 16.7. The van der Waals surface area contributed by atoms with E-state index in [1.165, 1.54) is 6.07 Å². The first-order chi connectivity index (χ1) is 23.2. The number of amides is 1. The second-order valence-electron chi connectivity index (χ2n) is 14.4. The highest BCUT2D eigenvalue weighted by Crippen LogP contribution is 2.38. The summed E-state index contributed by atoms with van der Waals surface area (Å²) in [4.78, 5) is 47.4. The van der Waals surface area contributed by atoms with Crippen LogP contribution >= 0.6 is 0 Å². The van der Waals surface area contributed by atoms with Gasteiger partial charge >= 0.3 is 12.1 Å². The number of carbonyl (C=O) groups excluding carboxylic acids is 2. The van der Waals surface area contributed by atoms with Gasteiger partial charge in [-0.3, -0.25) is 0 Å². The molecule has 12 heteroatoms. The number of pyridine rings is 2. The lowest BCUT2D eigenvalue weighted by Crippen LogP contribution is -2.48. The number of nitrogens with zero attached hydrogens (tertiary/aromatic N) is 5. The number of rotatable bonds is 9. The third-order valence-electron chi connectivity index (χ3n) is 8.13. The van der Waals surface area contributed by atoms with Gasteiger partial charge in [-0.05, 0) is 70.7 Å². The van der Waals surface area contributed by atoms with Gasteiger partial charge in [-0.25, -0.2) is 33.9 Å². The Balaban J connectivity index is 1.44. The Labute approximate surface area is 287 Å². The zero-order chi connectivity index (χ0) is 35.3. The van der Waals surface area contributed by atoms with Crippen molar-refractivity contribution in [1.29, 1.82) is 0 Å². The van der Waals surface area contributed by atoms with E-state index in [1.54, 1.807) is 39.1 Å². The molecule has 1 aliphatic rings. The molecule has 1 amide bonds. The standard InChI is InChI=1S/C37H46FN7O4/c1-23-30(40-21-28(33(46)49-37(5,6)7)42-35(47)48-22-24-14-9-8-10-15-24)43-34(36(2,3)4)44-32(23)45-19-12-11-17-29(45)27-20-26(38)25-16-13-18-39-31(25)41-27/h8-10,13-16,18,20,28-29H,11-12,17,19,21-22H2,1-7H3,(H,42,47)(H,40,43,44). The summed E-state index contributed by atoms with van der Waals surface area (Å²) in [6.45, 7) is 14.0. The highest BCUT2D eigenvalue weighted by Gasteiger charge is 2.32. The van der Waals surface area contributed by atoms with Gasteiger partial charge in [0.15, 0.2) is 5.65 Å². The monoisotopic (exact) mass is 671 g/mol. The zero-order valence-electron chi connectivity index (χ0n) is 29.3. The number of esters is 1. The van der Waals surface area contributed by atoms with Crippen LogP contribution in [0.2, 0.25) is 0 Å². The molecule has 11 nitrogen and oxygen atoms in total. The van der Waals surface area contributed by atoms with Crippen LogP contribution in [0.25, 0.3) is 11.0 Å². The predicted octanol–water partition coefficient (Wildman–Crippen LogP) is 6.95. The lowest BCUT2D eigenvalue weighted by molar-refractivity contribution is -0.156. The summed E-state index contributed by atoms with van der Waals surface area (Å²) in [5.74, 6) is 0.807. The van der Waals surface area contributed by atoms with E-state index in [0.29, 0.717) is 40.7 Å². The van der Waals surface area contributed by atoms with Crippen LogP contribution in [0.4, 0.5) is 20.8 Å². The third kappa shape index (κ3) is 8.98. The molecule has 2 unspecified atom stereocenters. The van der Waals surface area contributed by atoms with Gasteiger partial charge < -0.3 is 25.0 Å². The molecule has 4 heterocycles. The van der Waals surface area contributed by atoms with Crippen molar-refractivity contribution >= 4 is 34.7 Å². The molecular weight excluding hydrogens is 625 g/mol. The summed E-state index contributed by atoms with van der Waals surface area (Å²) >= 11 is 0. The Morgan fingerprint density at radius 3 is 2.49 bits per heavy atom. The first-order valence-electron chi connectivity index (χ1n) is 16.7. The fourth-order valence-corrected chi connectivity index (χ4v) is 5.66. The minimum Gasteiger partial charge on any atom is -0.458 e. The van der Waals surface area contributed by atoms with Crippen LogP contribution in [-0.4, -0.2) is 56.7 Å². The number of halogens is 1. The number of carbonyl (C=O) groups is 2. The molecule has 2 N–H and O–H groups in total. The minimum absolute atomic E-state index is 0.0250. The molecule has 1 saturated heterocycles. The summed E-state index contributed by atoms with van der Waals surface area (Å²) in [6.07, 6.45) is 3.50. The van der Waals surface area contributed by atoms with Crippen molar-refractivity contribution in [2.75, 3.05) is 23.3 Å². The molecular formula is C37H46FN7O4. The van der Waals surface area contributed by atoms with Gasteiger partial charge in [-0.2, -0.15) is 0 Å². The molecule has 0 spiro atoms. The first kappa shape index (κ1) is 35.4. The van der Waals surface area contributed by atoms with E-state index in [1.807, 2.05) is 58.0 Å². The maximum Gasteiger partial charge on any atom is 0.408 e. The van der Waals surface area contributed by atoms with E-state index < -0.39 is 29.1 Å². The number of benzene rings is 1. The van der Waals surface area contributed by atoms with Crippen molar-refractivity contribution in [3.05, 3.63) is 83.2 Å². The Bertz CT molecular complexity index is 1790. The summed E-state index contributed by atoms with van der Waals surface area (Å²) < 4.78 is 26.3. The fraction of sp³-hybridized carbons (Fsp3) is 0.459. The zero-order valence-corrected chi connectivity index (χ0v) is 29.3. The summed E-state index contributed by atoms with van der Waals surface area (Å²) in [6, 6.07) is 12.8. The molecule has 260 valence electrons. The van der Waals surface area contributed by atoms with Gasteiger partial charge in [-0.15, -0.1) is 0 Å². The lowest BCUT2D eigenvalue weighted by atomic mass is 9.95. The van der Waals surface area contributed by atoms with Crippen molar-refractivity contribution in [2.45, 2.75) is 97.4 Å². The number of hydrogen-bond acceptors (Lipinski definition) is 10. The second kappa shape index (κ2) is 14.7. The molecule has 1 aromatic carbocycles. The molecule has 2 atom stereocenters. The molecule has 0 radical (unpaired) electrons. The molecule has 1 aliphatic heterocycles. The SMILES string of the molecule is Cc1c(NCC(NC(=O)OCc2ccccc2)C(=O)OC(C)(C)C)nc(C(C)(C)C)nc1N1CCCCC1c1cc(F)c2cccnc2n1. The minimum atomic E-state index is -1.08. The van der Waals surface area contributed by atoms with E-state index in [-0.39, 0.29) is 25.0 Å². The number of fused-ring (bicyclic) bond motifs is 1. The van der Waals surface area contributed by atoms with E-state index >= 15 is 4.39 Å². The van der Waals surface area contributed by atoms with E-state index in [0.717, 1.165) is 30.4 Å². The van der Waals surface area contributed by atoms with Crippen LogP contribution in [0.1, 0.15) is 89.5 Å². The molecule has 0 saturated carbocycles. The van der Waals surface area contributed by atoms with Crippen LogP contribution in [0.3, 0.4) is 0 Å².